The van der Waals surface area contributed by atoms with Gasteiger partial charge in [0, 0.05) is 30.3 Å². The molecule has 5 aromatic rings. The molecule has 6 rings (SSSR count). The van der Waals surface area contributed by atoms with E-state index < -0.39 is 0 Å². The number of pyridine rings is 2. The van der Waals surface area contributed by atoms with Gasteiger partial charge in [0.2, 0.25) is 0 Å². The van der Waals surface area contributed by atoms with Crippen LogP contribution in [-0.2, 0) is 6.42 Å². The number of aryl methyl sites for hydroxylation is 1. The second-order valence-electron chi connectivity index (χ2n) is 8.05. The zero-order chi connectivity index (χ0) is 21.7. The molecule has 0 fully saturated rings. The summed E-state index contributed by atoms with van der Waals surface area (Å²) in [5.74, 6) is 1.85. The van der Waals surface area contributed by atoms with Crippen molar-refractivity contribution in [1.82, 2.24) is 29.3 Å². The van der Waals surface area contributed by atoms with E-state index in [1.54, 1.807) is 17.1 Å². The van der Waals surface area contributed by atoms with Crippen molar-refractivity contribution in [3.63, 3.8) is 0 Å². The molecule has 0 bridgehead atoms. The Hall–Kier alpha value is -4.04. The minimum absolute atomic E-state index is 0.0883. The van der Waals surface area contributed by atoms with E-state index in [9.17, 15) is 0 Å². The van der Waals surface area contributed by atoms with E-state index in [4.69, 9.17) is 21.4 Å². The first-order valence-corrected chi connectivity index (χ1v) is 10.7. The number of fused-ring (bicyclic) bond motifs is 2. The fraction of sp³-hybridized carbons (Fsp3) is 0.167. The number of benzene rings is 1. The molecule has 0 aliphatic heterocycles. The van der Waals surface area contributed by atoms with Crippen LogP contribution in [-0.4, -0.2) is 29.3 Å². The first-order chi connectivity index (χ1) is 15.7. The highest BCUT2D eigenvalue weighted by atomic mass is 15.3. The first-order valence-electron chi connectivity index (χ1n) is 10.7. The highest BCUT2D eigenvalue weighted by molar-refractivity contribution is 5.83. The fourth-order valence-electron chi connectivity index (χ4n) is 4.49. The van der Waals surface area contributed by atoms with E-state index in [1.807, 2.05) is 36.5 Å². The number of imidazole rings is 1. The maximum Gasteiger partial charge on any atom is 0.167 e. The van der Waals surface area contributed by atoms with E-state index in [0.29, 0.717) is 17.5 Å². The highest BCUT2D eigenvalue weighted by Gasteiger charge is 2.21. The number of hydrogen-bond donors (Lipinski definition) is 2. The molecule has 4 aromatic heterocycles. The lowest BCUT2D eigenvalue weighted by atomic mass is 9.88. The van der Waals surface area contributed by atoms with Crippen LogP contribution in [0.3, 0.4) is 0 Å². The lowest BCUT2D eigenvalue weighted by Gasteiger charge is -2.23. The van der Waals surface area contributed by atoms with Crippen molar-refractivity contribution in [2.75, 3.05) is 5.73 Å². The van der Waals surface area contributed by atoms with E-state index in [1.165, 1.54) is 11.1 Å². The molecule has 1 aliphatic carbocycles. The summed E-state index contributed by atoms with van der Waals surface area (Å²) in [5, 5.41) is 4.32. The van der Waals surface area contributed by atoms with Gasteiger partial charge in [-0.25, -0.2) is 19.6 Å². The summed E-state index contributed by atoms with van der Waals surface area (Å²) in [7, 11) is 0. The molecular weight excluding hydrogens is 400 g/mol. The van der Waals surface area contributed by atoms with E-state index in [0.717, 1.165) is 41.7 Å². The third-order valence-electron chi connectivity index (χ3n) is 6.05. The van der Waals surface area contributed by atoms with Crippen LogP contribution in [0, 0.1) is 0 Å². The molecule has 1 atom stereocenters. The van der Waals surface area contributed by atoms with Crippen LogP contribution in [0.4, 0.5) is 5.82 Å². The normalized spacial score (nSPS) is 15.7. The third-order valence-corrected chi connectivity index (χ3v) is 6.05. The maximum atomic E-state index is 6.35. The predicted molar refractivity (Wildman–Crippen MR) is 123 cm³/mol. The van der Waals surface area contributed by atoms with Crippen LogP contribution >= 0.6 is 0 Å². The molecule has 4 heterocycles. The molecule has 32 heavy (non-hydrogen) atoms. The lowest BCUT2D eigenvalue weighted by Crippen LogP contribution is -2.17. The van der Waals surface area contributed by atoms with Crippen molar-refractivity contribution in [1.29, 1.82) is 0 Å². The molecule has 0 amide bonds. The summed E-state index contributed by atoms with van der Waals surface area (Å²) in [6.07, 6.45) is 8.41. The summed E-state index contributed by atoms with van der Waals surface area (Å²) >= 11 is 0. The number of nitrogens with two attached hydrogens (primary N) is 2. The van der Waals surface area contributed by atoms with Gasteiger partial charge in [-0.3, -0.25) is 4.57 Å². The molecule has 0 spiro atoms. The third kappa shape index (κ3) is 2.96. The molecular formula is C24H22N8. The van der Waals surface area contributed by atoms with Gasteiger partial charge >= 0.3 is 0 Å². The summed E-state index contributed by atoms with van der Waals surface area (Å²) < 4.78 is 3.79. The van der Waals surface area contributed by atoms with Crippen molar-refractivity contribution < 1.29 is 0 Å². The monoisotopic (exact) mass is 422 g/mol. The second kappa shape index (κ2) is 7.28. The molecule has 0 saturated heterocycles. The number of aromatic nitrogens is 6. The predicted octanol–water partition coefficient (Wildman–Crippen LogP) is 3.59. The molecule has 8 nitrogen and oxygen atoms in total. The van der Waals surface area contributed by atoms with Crippen LogP contribution in [0.2, 0.25) is 0 Å². The van der Waals surface area contributed by atoms with Gasteiger partial charge in [0.1, 0.15) is 11.3 Å². The molecule has 1 aliphatic rings. The minimum atomic E-state index is 0.0883. The highest BCUT2D eigenvalue weighted by Crippen LogP contribution is 2.34. The van der Waals surface area contributed by atoms with Crippen LogP contribution in [0.1, 0.15) is 30.0 Å². The van der Waals surface area contributed by atoms with Gasteiger partial charge in [-0.2, -0.15) is 5.10 Å². The Balaban J connectivity index is 1.63. The van der Waals surface area contributed by atoms with Gasteiger partial charge in [-0.15, -0.1) is 0 Å². The van der Waals surface area contributed by atoms with Crippen LogP contribution in [0.5, 0.6) is 0 Å². The fourth-order valence-corrected chi connectivity index (χ4v) is 4.49. The summed E-state index contributed by atoms with van der Waals surface area (Å²) in [4.78, 5) is 14.1. The largest absolute Gasteiger partial charge is 0.383 e. The molecule has 8 heteroatoms. The van der Waals surface area contributed by atoms with Gasteiger partial charge < -0.3 is 11.5 Å². The molecule has 158 valence electrons. The lowest BCUT2D eigenvalue weighted by molar-refractivity contribution is 0.570. The Morgan fingerprint density at radius 1 is 1.00 bits per heavy atom. The zero-order valence-corrected chi connectivity index (χ0v) is 17.4. The van der Waals surface area contributed by atoms with E-state index in [2.05, 4.69) is 32.8 Å². The quantitative estimate of drug-likeness (QED) is 0.459. The number of rotatable bonds is 3. The van der Waals surface area contributed by atoms with Gasteiger partial charge in [0.05, 0.1) is 5.56 Å². The van der Waals surface area contributed by atoms with Gasteiger partial charge in [-0.05, 0) is 72.9 Å². The summed E-state index contributed by atoms with van der Waals surface area (Å²) in [6, 6.07) is 16.1. The number of nitrogens with zero attached hydrogens (tertiary/aromatic N) is 6. The van der Waals surface area contributed by atoms with E-state index in [-0.39, 0.29) is 6.04 Å². The molecule has 4 N–H and O–H groups in total. The smallest absolute Gasteiger partial charge is 0.167 e. The Labute approximate surface area is 184 Å². The first kappa shape index (κ1) is 18.7. The topological polar surface area (TPSA) is 113 Å². The number of nitrogen functional groups attached to an aromatic ring is 1. The van der Waals surface area contributed by atoms with Crippen molar-refractivity contribution in [2.24, 2.45) is 5.73 Å². The molecule has 0 radical (unpaired) electrons. The van der Waals surface area contributed by atoms with Gasteiger partial charge in [-0.1, -0.05) is 6.07 Å². The molecule has 0 unspecified atom stereocenters. The number of hydrogen-bond acceptors (Lipinski definition) is 6. The summed E-state index contributed by atoms with van der Waals surface area (Å²) in [6.45, 7) is 0. The van der Waals surface area contributed by atoms with Gasteiger partial charge in [0.25, 0.3) is 0 Å². The Morgan fingerprint density at radius 2 is 1.94 bits per heavy atom. The van der Waals surface area contributed by atoms with Crippen LogP contribution in [0.25, 0.3) is 34.1 Å². The van der Waals surface area contributed by atoms with Gasteiger partial charge in [0.15, 0.2) is 17.3 Å². The Bertz CT molecular complexity index is 1430. The zero-order valence-electron chi connectivity index (χ0n) is 17.4. The average Bonchev–Trinajstić information content (AvgIpc) is 3.47. The standard InChI is InChI=1S/C24H22N8/c25-19-6-1-4-15-14-16(7-8-17(15)19)32-23(18-5-2-11-27-22(18)26)29-20-9-10-21(30-24(20)32)31-13-3-12-28-31/h2-3,5,7-14,19H,1,4,6,25H2,(H2,26,27)/t19-/m0/s1. The molecule has 0 saturated carbocycles. The maximum absolute atomic E-state index is 6.35. The van der Waals surface area contributed by atoms with Crippen molar-refractivity contribution in [3.8, 4) is 22.9 Å². The second-order valence-corrected chi connectivity index (χ2v) is 8.05. The minimum Gasteiger partial charge on any atom is -0.383 e. The Morgan fingerprint density at radius 3 is 2.78 bits per heavy atom. The summed E-state index contributed by atoms with van der Waals surface area (Å²) in [5.41, 5.74) is 18.3. The average molecular weight is 422 g/mol. The van der Waals surface area contributed by atoms with Crippen molar-refractivity contribution >= 4 is 17.0 Å². The SMILES string of the molecule is Nc1ncccc1-c1nc2ccc(-n3cccn3)nc2n1-c1ccc2c(c1)CCC[C@@H]2N. The Kier molecular flexibility index (Phi) is 4.26. The number of anilines is 1. The van der Waals surface area contributed by atoms with Crippen LogP contribution in [0.15, 0.2) is 67.1 Å². The van der Waals surface area contributed by atoms with Crippen molar-refractivity contribution in [2.45, 2.75) is 25.3 Å². The van der Waals surface area contributed by atoms with Crippen LogP contribution < -0.4 is 11.5 Å². The van der Waals surface area contributed by atoms with E-state index >= 15 is 0 Å². The molecule has 1 aromatic carbocycles. The van der Waals surface area contributed by atoms with Crippen molar-refractivity contribution in [3.05, 3.63) is 78.2 Å².